The van der Waals surface area contributed by atoms with Crippen LogP contribution >= 0.6 is 23.5 Å². The summed E-state index contributed by atoms with van der Waals surface area (Å²) < 4.78 is 30.1. The normalized spacial score (nSPS) is 10.7. The first-order chi connectivity index (χ1) is 10.6. The number of hydrogen-bond donors (Lipinski definition) is 2. The van der Waals surface area contributed by atoms with Gasteiger partial charge in [0, 0.05) is 28.5 Å². The summed E-state index contributed by atoms with van der Waals surface area (Å²) in [6.07, 6.45) is 3.06. The molecule has 2 N–H and O–H groups in total. The van der Waals surface area contributed by atoms with E-state index in [0.717, 1.165) is 4.90 Å². The zero-order valence-electron chi connectivity index (χ0n) is 11.1. The van der Waals surface area contributed by atoms with Crippen LogP contribution in [0, 0.1) is 11.6 Å². The van der Waals surface area contributed by atoms with Crippen molar-refractivity contribution in [2.75, 3.05) is 4.72 Å². The molecule has 1 aromatic carbocycles. The number of halogens is 3. The number of hydrogen-bond acceptors (Lipinski definition) is 3. The van der Waals surface area contributed by atoms with Crippen LogP contribution in [0.15, 0.2) is 53.7 Å². The quantitative estimate of drug-likeness (QED) is 0.648. The van der Waals surface area contributed by atoms with E-state index in [1.807, 2.05) is 0 Å². The molecule has 0 saturated heterocycles. The Kier molecular flexibility index (Phi) is 4.31. The van der Waals surface area contributed by atoms with Crippen LogP contribution in [0.3, 0.4) is 0 Å². The Morgan fingerprint density at radius 2 is 1.95 bits per heavy atom. The minimum Gasteiger partial charge on any atom is -0.360 e. The average molecular weight is 338 g/mol. The molecule has 2 aromatic heterocycles. The summed E-state index contributed by atoms with van der Waals surface area (Å²) in [5, 5.41) is 0.233. The first-order valence-corrected chi connectivity index (χ1v) is 7.50. The first kappa shape index (κ1) is 14.9. The van der Waals surface area contributed by atoms with Crippen LogP contribution in [0.4, 0.5) is 14.6 Å². The highest BCUT2D eigenvalue weighted by atomic mass is 35.5. The molecule has 0 radical (unpaired) electrons. The van der Waals surface area contributed by atoms with Gasteiger partial charge in [-0.15, -0.1) is 0 Å². The van der Waals surface area contributed by atoms with Gasteiger partial charge in [-0.1, -0.05) is 23.7 Å². The average Bonchev–Trinajstić information content (AvgIpc) is 2.95. The van der Waals surface area contributed by atoms with E-state index < -0.39 is 5.82 Å². The van der Waals surface area contributed by atoms with Crippen molar-refractivity contribution >= 4 is 29.4 Å². The lowest BCUT2D eigenvalue weighted by Gasteiger charge is -2.04. The van der Waals surface area contributed by atoms with Crippen molar-refractivity contribution in [2.24, 2.45) is 0 Å². The van der Waals surface area contributed by atoms with E-state index >= 15 is 0 Å². The molecule has 2 heterocycles. The number of nitrogens with zero attached hydrogens (tertiary/aromatic N) is 1. The molecule has 0 saturated carbocycles. The maximum atomic E-state index is 13.7. The number of aromatic amines is 1. The molecular weight excluding hydrogens is 328 g/mol. The predicted molar refractivity (Wildman–Crippen MR) is 84.9 cm³/mol. The molecule has 3 nitrogen and oxygen atoms in total. The van der Waals surface area contributed by atoms with Crippen LogP contribution in [0.5, 0.6) is 0 Å². The van der Waals surface area contributed by atoms with Crippen LogP contribution in [-0.2, 0) is 0 Å². The van der Waals surface area contributed by atoms with Crippen molar-refractivity contribution in [1.82, 2.24) is 9.97 Å². The van der Waals surface area contributed by atoms with E-state index in [1.54, 1.807) is 30.5 Å². The fourth-order valence-electron chi connectivity index (χ4n) is 1.87. The lowest BCUT2D eigenvalue weighted by atomic mass is 10.1. The van der Waals surface area contributed by atoms with Gasteiger partial charge in [0.05, 0.1) is 5.02 Å². The van der Waals surface area contributed by atoms with Crippen molar-refractivity contribution in [3.8, 4) is 11.3 Å². The maximum Gasteiger partial charge on any atom is 0.172 e. The van der Waals surface area contributed by atoms with E-state index in [9.17, 15) is 8.78 Å². The van der Waals surface area contributed by atoms with Crippen molar-refractivity contribution < 1.29 is 8.78 Å². The maximum absolute atomic E-state index is 13.7. The van der Waals surface area contributed by atoms with Gasteiger partial charge in [0.15, 0.2) is 11.6 Å². The molecule has 0 spiro atoms. The third kappa shape index (κ3) is 3.23. The summed E-state index contributed by atoms with van der Waals surface area (Å²) in [5.74, 6) is -0.757. The number of aromatic nitrogens is 2. The van der Waals surface area contributed by atoms with Crippen LogP contribution in [-0.4, -0.2) is 9.97 Å². The Morgan fingerprint density at radius 1 is 1.14 bits per heavy atom. The van der Waals surface area contributed by atoms with Gasteiger partial charge < -0.3 is 9.71 Å². The second kappa shape index (κ2) is 6.37. The summed E-state index contributed by atoms with van der Waals surface area (Å²) >= 11 is 6.81. The number of pyridine rings is 1. The molecule has 0 aliphatic carbocycles. The van der Waals surface area contributed by atoms with E-state index in [4.69, 9.17) is 11.6 Å². The highest BCUT2D eigenvalue weighted by Gasteiger charge is 2.09. The summed E-state index contributed by atoms with van der Waals surface area (Å²) in [7, 11) is 0. The second-order valence-corrected chi connectivity index (χ2v) is 5.73. The molecule has 0 aliphatic heterocycles. The zero-order valence-corrected chi connectivity index (χ0v) is 12.7. The Bertz CT molecular complexity index is 807. The van der Waals surface area contributed by atoms with E-state index in [1.165, 1.54) is 30.3 Å². The van der Waals surface area contributed by atoms with E-state index in [2.05, 4.69) is 14.7 Å². The van der Waals surface area contributed by atoms with Crippen LogP contribution in [0.2, 0.25) is 5.02 Å². The summed E-state index contributed by atoms with van der Waals surface area (Å²) in [6, 6.07) is 9.42. The number of benzene rings is 1. The van der Waals surface area contributed by atoms with Gasteiger partial charge >= 0.3 is 0 Å². The number of H-pyrrole nitrogens is 1. The summed E-state index contributed by atoms with van der Waals surface area (Å²) in [4.78, 5) is 7.62. The van der Waals surface area contributed by atoms with Crippen molar-refractivity contribution in [2.45, 2.75) is 4.90 Å². The molecule has 3 aromatic rings. The largest absolute Gasteiger partial charge is 0.360 e. The minimum absolute atomic E-state index is 0.0861. The van der Waals surface area contributed by atoms with Gasteiger partial charge in [-0.3, -0.25) is 0 Å². The van der Waals surface area contributed by atoms with Crippen LogP contribution in [0.25, 0.3) is 11.3 Å². The standard InChI is InChI=1S/C15H10ClF2N3S/c16-9-5-13(18)15(20-7-9)21-22-10-6-14(19-8-10)11-3-1-2-4-12(11)17/h1-8,19H,(H,20,21). The second-order valence-electron chi connectivity index (χ2n) is 4.42. The SMILES string of the molecule is Fc1ccccc1-c1cc(SNc2ncc(Cl)cc2F)c[nH]1. The summed E-state index contributed by atoms with van der Waals surface area (Å²) in [5.41, 5.74) is 1.12. The molecule has 0 amide bonds. The van der Waals surface area contributed by atoms with Gasteiger partial charge in [-0.2, -0.15) is 0 Å². The Balaban J connectivity index is 1.74. The molecule has 3 rings (SSSR count). The van der Waals surface area contributed by atoms with Crippen molar-refractivity contribution in [1.29, 1.82) is 0 Å². The third-order valence-corrected chi connectivity index (χ3v) is 3.87. The molecule has 0 atom stereocenters. The van der Waals surface area contributed by atoms with Gasteiger partial charge in [-0.05, 0) is 36.2 Å². The van der Waals surface area contributed by atoms with E-state index in [0.29, 0.717) is 11.3 Å². The molecule has 7 heteroatoms. The lowest BCUT2D eigenvalue weighted by Crippen LogP contribution is -1.93. The van der Waals surface area contributed by atoms with Gasteiger partial charge in [0.2, 0.25) is 0 Å². The van der Waals surface area contributed by atoms with Crippen LogP contribution < -0.4 is 4.72 Å². The lowest BCUT2D eigenvalue weighted by molar-refractivity contribution is 0.627. The molecule has 0 aliphatic rings. The van der Waals surface area contributed by atoms with Crippen molar-refractivity contribution in [3.63, 3.8) is 0 Å². The Hall–Kier alpha value is -2.05. The topological polar surface area (TPSA) is 40.7 Å². The van der Waals surface area contributed by atoms with Gasteiger partial charge in [0.1, 0.15) is 5.82 Å². The monoisotopic (exact) mass is 337 g/mol. The van der Waals surface area contributed by atoms with Gasteiger partial charge in [-0.25, -0.2) is 13.8 Å². The predicted octanol–water partition coefficient (Wildman–Crippen LogP) is 5.13. The van der Waals surface area contributed by atoms with E-state index in [-0.39, 0.29) is 16.7 Å². The zero-order chi connectivity index (χ0) is 15.5. The molecular formula is C15H10ClF2N3S. The smallest absolute Gasteiger partial charge is 0.172 e. The van der Waals surface area contributed by atoms with Crippen LogP contribution in [0.1, 0.15) is 0 Å². The first-order valence-electron chi connectivity index (χ1n) is 6.31. The highest BCUT2D eigenvalue weighted by Crippen LogP contribution is 2.28. The third-order valence-electron chi connectivity index (χ3n) is 2.89. The number of nitrogens with one attached hydrogen (secondary N) is 2. The fourth-order valence-corrected chi connectivity index (χ4v) is 2.67. The Morgan fingerprint density at radius 3 is 2.73 bits per heavy atom. The number of rotatable bonds is 4. The molecule has 0 bridgehead atoms. The fraction of sp³-hybridized carbons (Fsp3) is 0. The minimum atomic E-state index is -0.537. The molecule has 0 unspecified atom stereocenters. The Labute approximate surface area is 134 Å². The molecule has 22 heavy (non-hydrogen) atoms. The highest BCUT2D eigenvalue weighted by molar-refractivity contribution is 8.00. The molecule has 112 valence electrons. The molecule has 0 fully saturated rings. The number of anilines is 1. The van der Waals surface area contributed by atoms with Crippen molar-refractivity contribution in [3.05, 3.63) is 65.4 Å². The summed E-state index contributed by atoms with van der Waals surface area (Å²) in [6.45, 7) is 0. The van der Waals surface area contributed by atoms with Gasteiger partial charge in [0.25, 0.3) is 0 Å².